The van der Waals surface area contributed by atoms with Crippen molar-refractivity contribution in [2.24, 2.45) is 0 Å². The Hall–Kier alpha value is -2.47. The maximum atomic E-state index is 13.1. The van der Waals surface area contributed by atoms with E-state index in [0.29, 0.717) is 25.3 Å². The van der Waals surface area contributed by atoms with Crippen molar-refractivity contribution in [3.05, 3.63) is 65.7 Å². The Labute approximate surface area is 184 Å². The minimum absolute atomic E-state index is 0.0229. The largest absolute Gasteiger partial charge is 0.497 e. The molecule has 0 heterocycles. The Morgan fingerprint density at radius 1 is 1.03 bits per heavy atom. The van der Waals surface area contributed by atoms with Crippen LogP contribution in [0, 0.1) is 0 Å². The van der Waals surface area contributed by atoms with Gasteiger partial charge in [-0.25, -0.2) is 0 Å². The van der Waals surface area contributed by atoms with E-state index in [1.54, 1.807) is 23.8 Å². The number of benzene rings is 2. The summed E-state index contributed by atoms with van der Waals surface area (Å²) >= 11 is 1.57. The highest BCUT2D eigenvalue weighted by atomic mass is 32.2. The summed E-state index contributed by atoms with van der Waals surface area (Å²) in [5, 5.41) is 2.95. The molecule has 162 valence electrons. The van der Waals surface area contributed by atoms with E-state index < -0.39 is 6.04 Å². The number of methoxy groups -OCH3 is 1. The van der Waals surface area contributed by atoms with Crippen LogP contribution >= 0.6 is 11.8 Å². The van der Waals surface area contributed by atoms with E-state index in [1.165, 1.54) is 5.56 Å². The summed E-state index contributed by atoms with van der Waals surface area (Å²) in [4.78, 5) is 27.6. The first kappa shape index (κ1) is 23.8. The summed E-state index contributed by atoms with van der Waals surface area (Å²) in [5.74, 6) is 1.76. The summed E-state index contributed by atoms with van der Waals surface area (Å²) in [7, 11) is 1.62. The highest BCUT2D eigenvalue weighted by Crippen LogP contribution is 2.19. The van der Waals surface area contributed by atoms with Crippen molar-refractivity contribution in [2.75, 3.05) is 19.4 Å². The normalized spacial score (nSPS) is 11.6. The fourth-order valence-electron chi connectivity index (χ4n) is 3.13. The molecule has 1 N–H and O–H groups in total. The Bertz CT molecular complexity index is 781. The number of carbonyl (C=O) groups is 2. The fourth-order valence-corrected chi connectivity index (χ4v) is 4.00. The van der Waals surface area contributed by atoms with Gasteiger partial charge in [-0.15, -0.1) is 11.8 Å². The topological polar surface area (TPSA) is 58.6 Å². The van der Waals surface area contributed by atoms with E-state index >= 15 is 0 Å². The molecule has 0 spiro atoms. The van der Waals surface area contributed by atoms with Crippen LogP contribution in [0.2, 0.25) is 0 Å². The van der Waals surface area contributed by atoms with Gasteiger partial charge in [0.05, 0.1) is 12.9 Å². The van der Waals surface area contributed by atoms with Crippen LogP contribution in [0.3, 0.4) is 0 Å². The molecule has 30 heavy (non-hydrogen) atoms. The van der Waals surface area contributed by atoms with Gasteiger partial charge in [0.15, 0.2) is 0 Å². The van der Waals surface area contributed by atoms with Gasteiger partial charge in [0, 0.05) is 18.8 Å². The molecule has 0 fully saturated rings. The van der Waals surface area contributed by atoms with Crippen LogP contribution in [0.15, 0.2) is 54.6 Å². The molecule has 0 saturated carbocycles. The summed E-state index contributed by atoms with van der Waals surface area (Å²) < 4.78 is 5.22. The van der Waals surface area contributed by atoms with E-state index in [1.807, 2.05) is 56.3 Å². The summed E-state index contributed by atoms with van der Waals surface area (Å²) in [6.45, 7) is 4.97. The van der Waals surface area contributed by atoms with Crippen molar-refractivity contribution in [1.29, 1.82) is 0 Å². The predicted molar refractivity (Wildman–Crippen MR) is 124 cm³/mol. The lowest BCUT2D eigenvalue weighted by molar-refractivity contribution is -0.139. The van der Waals surface area contributed by atoms with Crippen molar-refractivity contribution in [3.63, 3.8) is 0 Å². The fraction of sp³-hybridized carbons (Fsp3) is 0.417. The first-order chi connectivity index (χ1) is 14.6. The number of hydrogen-bond acceptors (Lipinski definition) is 4. The zero-order valence-corrected chi connectivity index (χ0v) is 18.9. The van der Waals surface area contributed by atoms with Crippen molar-refractivity contribution >= 4 is 23.6 Å². The van der Waals surface area contributed by atoms with Gasteiger partial charge >= 0.3 is 0 Å². The zero-order chi connectivity index (χ0) is 21.8. The number of ether oxygens (including phenoxy) is 1. The standard InChI is InChI=1S/C24H32N2O3S/c1-4-15-25-24(28)22(5-2)26(16-19-11-13-21(29-3)14-12-19)23(27)18-30-17-20-9-7-6-8-10-20/h6-14,22H,4-5,15-18H2,1-3H3,(H,25,28)/t22-/m1/s1. The maximum absolute atomic E-state index is 13.1. The van der Waals surface area contributed by atoms with Gasteiger partial charge < -0.3 is 15.0 Å². The zero-order valence-electron chi connectivity index (χ0n) is 18.1. The molecule has 0 saturated heterocycles. The summed E-state index contributed by atoms with van der Waals surface area (Å²) in [5.41, 5.74) is 2.16. The molecule has 1 atom stereocenters. The Kier molecular flexibility index (Phi) is 10.3. The van der Waals surface area contributed by atoms with E-state index in [-0.39, 0.29) is 11.8 Å². The first-order valence-electron chi connectivity index (χ1n) is 10.4. The maximum Gasteiger partial charge on any atom is 0.242 e. The van der Waals surface area contributed by atoms with Crippen LogP contribution in [-0.2, 0) is 21.9 Å². The van der Waals surface area contributed by atoms with Crippen molar-refractivity contribution in [1.82, 2.24) is 10.2 Å². The first-order valence-corrected chi connectivity index (χ1v) is 11.6. The molecular weight excluding hydrogens is 396 g/mol. The lowest BCUT2D eigenvalue weighted by atomic mass is 10.1. The van der Waals surface area contributed by atoms with Crippen molar-refractivity contribution < 1.29 is 14.3 Å². The minimum Gasteiger partial charge on any atom is -0.497 e. The molecule has 0 aromatic heterocycles. The highest BCUT2D eigenvalue weighted by molar-refractivity contribution is 7.99. The molecule has 5 nitrogen and oxygen atoms in total. The Morgan fingerprint density at radius 2 is 1.73 bits per heavy atom. The number of amides is 2. The molecule has 0 aliphatic carbocycles. The van der Waals surface area contributed by atoms with Gasteiger partial charge in [-0.3, -0.25) is 9.59 Å². The molecule has 6 heteroatoms. The number of rotatable bonds is 12. The van der Waals surface area contributed by atoms with Crippen LogP contribution in [-0.4, -0.2) is 42.2 Å². The molecule has 0 radical (unpaired) electrons. The van der Waals surface area contributed by atoms with Gasteiger partial charge in [-0.2, -0.15) is 0 Å². The molecule has 0 aliphatic rings. The van der Waals surface area contributed by atoms with Crippen LogP contribution in [0.1, 0.15) is 37.8 Å². The van der Waals surface area contributed by atoms with Crippen molar-refractivity contribution in [2.45, 2.75) is 45.0 Å². The molecule has 2 aromatic carbocycles. The molecule has 2 amide bonds. The van der Waals surface area contributed by atoms with Gasteiger partial charge in [0.25, 0.3) is 0 Å². The third-order valence-electron chi connectivity index (χ3n) is 4.78. The van der Waals surface area contributed by atoms with E-state index in [2.05, 4.69) is 17.4 Å². The molecule has 2 rings (SSSR count). The molecule has 0 aliphatic heterocycles. The average Bonchev–Trinajstić information content (AvgIpc) is 2.78. The lowest BCUT2D eigenvalue weighted by Gasteiger charge is -2.30. The van der Waals surface area contributed by atoms with Gasteiger partial charge in [0.2, 0.25) is 11.8 Å². The molecular formula is C24H32N2O3S. The third-order valence-corrected chi connectivity index (χ3v) is 5.77. The molecule has 2 aromatic rings. The third kappa shape index (κ3) is 7.41. The van der Waals surface area contributed by atoms with E-state index in [4.69, 9.17) is 4.74 Å². The van der Waals surface area contributed by atoms with E-state index in [0.717, 1.165) is 23.5 Å². The summed E-state index contributed by atoms with van der Waals surface area (Å²) in [6.07, 6.45) is 1.43. The smallest absolute Gasteiger partial charge is 0.242 e. The predicted octanol–water partition coefficient (Wildman–Crippen LogP) is 4.26. The van der Waals surface area contributed by atoms with Gasteiger partial charge in [-0.05, 0) is 36.1 Å². The monoisotopic (exact) mass is 428 g/mol. The number of hydrogen-bond donors (Lipinski definition) is 1. The number of thioether (sulfide) groups is 1. The average molecular weight is 429 g/mol. The van der Waals surface area contributed by atoms with Gasteiger partial charge in [-0.1, -0.05) is 56.3 Å². The number of carbonyl (C=O) groups excluding carboxylic acids is 2. The Morgan fingerprint density at radius 3 is 2.33 bits per heavy atom. The SMILES string of the molecule is CCCNC(=O)[C@@H](CC)N(Cc1ccc(OC)cc1)C(=O)CSCc1ccccc1. The van der Waals surface area contributed by atoms with E-state index in [9.17, 15) is 9.59 Å². The minimum atomic E-state index is -0.483. The number of nitrogens with one attached hydrogen (secondary N) is 1. The second-order valence-corrected chi connectivity index (χ2v) is 8.05. The van der Waals surface area contributed by atoms with Crippen molar-refractivity contribution in [3.8, 4) is 5.75 Å². The quantitative estimate of drug-likeness (QED) is 0.549. The van der Waals surface area contributed by atoms with Crippen LogP contribution in [0.4, 0.5) is 0 Å². The Balaban J connectivity index is 2.10. The lowest BCUT2D eigenvalue weighted by Crippen LogP contribution is -2.49. The van der Waals surface area contributed by atoms with Gasteiger partial charge in [0.1, 0.15) is 11.8 Å². The number of nitrogens with zero attached hydrogens (tertiary/aromatic N) is 1. The van der Waals surface area contributed by atoms with Crippen LogP contribution in [0.25, 0.3) is 0 Å². The second kappa shape index (κ2) is 13.0. The molecule has 0 bridgehead atoms. The van der Waals surface area contributed by atoms with Crippen LogP contribution < -0.4 is 10.1 Å². The molecule has 0 unspecified atom stereocenters. The second-order valence-electron chi connectivity index (χ2n) is 7.06. The van der Waals surface area contributed by atoms with Crippen LogP contribution in [0.5, 0.6) is 5.75 Å². The summed E-state index contributed by atoms with van der Waals surface area (Å²) in [6, 6.07) is 17.2. The highest BCUT2D eigenvalue weighted by Gasteiger charge is 2.28.